The first-order valence-electron chi connectivity index (χ1n) is 8.04. The van der Waals surface area contributed by atoms with Crippen LogP contribution < -0.4 is 5.32 Å². The Bertz CT molecular complexity index is 608. The molecule has 3 nitrogen and oxygen atoms in total. The molecule has 2 aromatic rings. The number of pyridine rings is 1. The summed E-state index contributed by atoms with van der Waals surface area (Å²) in [6, 6.07) is 10.6. The predicted molar refractivity (Wildman–Crippen MR) is 88.4 cm³/mol. The molecule has 1 atom stereocenters. The summed E-state index contributed by atoms with van der Waals surface area (Å²) in [5.41, 5.74) is 3.57. The fraction of sp³-hybridized carbons (Fsp3) is 0.500. The second-order valence-corrected chi connectivity index (χ2v) is 6.12. The van der Waals surface area contributed by atoms with Gasteiger partial charge in [-0.2, -0.15) is 0 Å². The quantitative estimate of drug-likeness (QED) is 0.914. The van der Waals surface area contributed by atoms with Crippen molar-refractivity contribution in [2.75, 3.05) is 26.2 Å². The highest BCUT2D eigenvalue weighted by Gasteiger charge is 2.20. The summed E-state index contributed by atoms with van der Waals surface area (Å²) in [7, 11) is 0. The molecule has 3 heteroatoms. The minimum absolute atomic E-state index is 0.805. The number of nitrogens with zero attached hydrogens (tertiary/aromatic N) is 2. The molecule has 1 aliphatic heterocycles. The van der Waals surface area contributed by atoms with Gasteiger partial charge in [-0.1, -0.05) is 25.1 Å². The van der Waals surface area contributed by atoms with E-state index in [2.05, 4.69) is 59.4 Å². The number of hydrogen-bond donors (Lipinski definition) is 1. The van der Waals surface area contributed by atoms with Crippen LogP contribution in [0.4, 0.5) is 0 Å². The van der Waals surface area contributed by atoms with Crippen LogP contribution in [0.15, 0.2) is 30.3 Å². The normalized spacial score (nSPS) is 19.4. The Morgan fingerprint density at radius 1 is 1.33 bits per heavy atom. The van der Waals surface area contributed by atoms with Crippen molar-refractivity contribution in [3.63, 3.8) is 0 Å². The molecule has 1 aromatic carbocycles. The molecule has 0 aliphatic carbocycles. The summed E-state index contributed by atoms with van der Waals surface area (Å²) < 4.78 is 0. The average molecular weight is 283 g/mol. The molecule has 2 heterocycles. The van der Waals surface area contributed by atoms with Gasteiger partial charge in [-0.05, 0) is 56.6 Å². The number of aromatic nitrogens is 1. The number of rotatable bonds is 5. The average Bonchev–Trinajstić information content (AvgIpc) is 2.95. The molecule has 1 fully saturated rings. The second kappa shape index (κ2) is 6.54. The van der Waals surface area contributed by atoms with Crippen LogP contribution in [0.2, 0.25) is 0 Å². The number of benzene rings is 1. The maximum atomic E-state index is 4.61. The Morgan fingerprint density at radius 2 is 2.19 bits per heavy atom. The zero-order chi connectivity index (χ0) is 14.7. The van der Waals surface area contributed by atoms with Crippen LogP contribution in [0.1, 0.15) is 24.6 Å². The molecule has 112 valence electrons. The van der Waals surface area contributed by atoms with E-state index in [4.69, 9.17) is 0 Å². The van der Waals surface area contributed by atoms with Gasteiger partial charge in [-0.3, -0.25) is 4.98 Å². The van der Waals surface area contributed by atoms with E-state index in [1.54, 1.807) is 0 Å². The molecular formula is C18H25N3. The number of hydrogen-bond acceptors (Lipinski definition) is 3. The number of nitrogens with one attached hydrogen (secondary N) is 1. The summed E-state index contributed by atoms with van der Waals surface area (Å²) in [6.45, 7) is 10.1. The van der Waals surface area contributed by atoms with Gasteiger partial charge in [-0.15, -0.1) is 0 Å². The lowest BCUT2D eigenvalue weighted by Crippen LogP contribution is -2.26. The van der Waals surface area contributed by atoms with Gasteiger partial charge in [0.15, 0.2) is 0 Å². The highest BCUT2D eigenvalue weighted by atomic mass is 15.1. The molecule has 3 rings (SSSR count). The zero-order valence-corrected chi connectivity index (χ0v) is 13.1. The van der Waals surface area contributed by atoms with Gasteiger partial charge >= 0.3 is 0 Å². The number of likely N-dealkylation sites (tertiary alicyclic amines) is 1. The van der Waals surface area contributed by atoms with Gasteiger partial charge in [0.2, 0.25) is 0 Å². The standard InChI is InChI=1S/C18H25N3/c1-3-21-9-8-15(13-21)11-19-12-16-10-14(2)20-18-7-5-4-6-17(16)18/h4-7,10,15,19H,3,8-9,11-13H2,1-2H3. The lowest BCUT2D eigenvalue weighted by atomic mass is 10.1. The van der Waals surface area contributed by atoms with E-state index in [0.717, 1.165) is 30.2 Å². The van der Waals surface area contributed by atoms with Crippen molar-refractivity contribution in [1.29, 1.82) is 0 Å². The van der Waals surface area contributed by atoms with Gasteiger partial charge in [0.05, 0.1) is 5.52 Å². The van der Waals surface area contributed by atoms with E-state index in [-0.39, 0.29) is 0 Å². The fourth-order valence-electron chi connectivity index (χ4n) is 3.32. The largest absolute Gasteiger partial charge is 0.312 e. The topological polar surface area (TPSA) is 28.2 Å². The SMILES string of the molecule is CCN1CCC(CNCc2cc(C)nc3ccccc23)C1. The van der Waals surface area contributed by atoms with E-state index < -0.39 is 0 Å². The van der Waals surface area contributed by atoms with Crippen molar-refractivity contribution in [3.05, 3.63) is 41.6 Å². The number of para-hydroxylation sites is 1. The van der Waals surface area contributed by atoms with Crippen LogP contribution in [-0.2, 0) is 6.54 Å². The number of fused-ring (bicyclic) bond motifs is 1. The van der Waals surface area contributed by atoms with Gasteiger partial charge in [0.1, 0.15) is 0 Å². The Hall–Kier alpha value is -1.45. The van der Waals surface area contributed by atoms with E-state index >= 15 is 0 Å². The summed E-state index contributed by atoms with van der Waals surface area (Å²) in [5, 5.41) is 4.93. The van der Waals surface area contributed by atoms with Crippen LogP contribution >= 0.6 is 0 Å². The molecular weight excluding hydrogens is 258 g/mol. The van der Waals surface area contributed by atoms with Crippen molar-refractivity contribution in [2.24, 2.45) is 5.92 Å². The molecule has 1 unspecified atom stereocenters. The summed E-state index contributed by atoms with van der Waals surface area (Å²) in [6.07, 6.45) is 1.33. The second-order valence-electron chi connectivity index (χ2n) is 6.12. The van der Waals surface area contributed by atoms with Crippen molar-refractivity contribution >= 4 is 10.9 Å². The maximum Gasteiger partial charge on any atom is 0.0708 e. The van der Waals surface area contributed by atoms with Crippen molar-refractivity contribution < 1.29 is 0 Å². The molecule has 21 heavy (non-hydrogen) atoms. The molecule has 1 saturated heterocycles. The zero-order valence-electron chi connectivity index (χ0n) is 13.1. The molecule has 0 spiro atoms. The molecule has 1 aliphatic rings. The Labute approximate surface area is 127 Å². The van der Waals surface area contributed by atoms with E-state index in [9.17, 15) is 0 Å². The van der Waals surface area contributed by atoms with Gasteiger partial charge < -0.3 is 10.2 Å². The third-order valence-electron chi connectivity index (χ3n) is 4.50. The number of aryl methyl sites for hydroxylation is 1. The Balaban J connectivity index is 1.63. The third-order valence-corrected chi connectivity index (χ3v) is 4.50. The van der Waals surface area contributed by atoms with E-state index in [0.29, 0.717) is 0 Å². The van der Waals surface area contributed by atoms with Gasteiger partial charge in [-0.25, -0.2) is 0 Å². The predicted octanol–water partition coefficient (Wildman–Crippen LogP) is 2.97. The van der Waals surface area contributed by atoms with Crippen LogP contribution in [0.25, 0.3) is 10.9 Å². The molecule has 0 amide bonds. The van der Waals surface area contributed by atoms with Crippen LogP contribution in [0.5, 0.6) is 0 Å². The van der Waals surface area contributed by atoms with Crippen molar-refractivity contribution in [3.8, 4) is 0 Å². The first-order chi connectivity index (χ1) is 10.3. The molecule has 0 saturated carbocycles. The highest BCUT2D eigenvalue weighted by Crippen LogP contribution is 2.19. The third kappa shape index (κ3) is 3.42. The lowest BCUT2D eigenvalue weighted by Gasteiger charge is -2.14. The monoisotopic (exact) mass is 283 g/mol. The van der Waals surface area contributed by atoms with Crippen LogP contribution in [-0.4, -0.2) is 36.1 Å². The van der Waals surface area contributed by atoms with Crippen LogP contribution in [0.3, 0.4) is 0 Å². The Kier molecular flexibility index (Phi) is 4.51. The summed E-state index contributed by atoms with van der Waals surface area (Å²) in [5.74, 6) is 0.805. The smallest absolute Gasteiger partial charge is 0.0708 e. The minimum Gasteiger partial charge on any atom is -0.312 e. The molecule has 0 radical (unpaired) electrons. The molecule has 1 N–H and O–H groups in total. The first-order valence-corrected chi connectivity index (χ1v) is 8.04. The highest BCUT2D eigenvalue weighted by molar-refractivity contribution is 5.82. The van der Waals surface area contributed by atoms with Gasteiger partial charge in [0.25, 0.3) is 0 Å². The van der Waals surface area contributed by atoms with Crippen LogP contribution in [0, 0.1) is 12.8 Å². The van der Waals surface area contributed by atoms with E-state index in [1.165, 1.54) is 37.0 Å². The van der Waals surface area contributed by atoms with Gasteiger partial charge in [0, 0.05) is 24.2 Å². The summed E-state index contributed by atoms with van der Waals surface area (Å²) >= 11 is 0. The maximum absolute atomic E-state index is 4.61. The van der Waals surface area contributed by atoms with Crippen molar-refractivity contribution in [2.45, 2.75) is 26.8 Å². The molecule has 1 aromatic heterocycles. The fourth-order valence-corrected chi connectivity index (χ4v) is 3.32. The Morgan fingerprint density at radius 3 is 3.00 bits per heavy atom. The minimum atomic E-state index is 0.805. The lowest BCUT2D eigenvalue weighted by molar-refractivity contribution is 0.339. The molecule has 0 bridgehead atoms. The van der Waals surface area contributed by atoms with Crippen molar-refractivity contribution in [1.82, 2.24) is 15.2 Å². The first kappa shape index (κ1) is 14.5. The summed E-state index contributed by atoms with van der Waals surface area (Å²) in [4.78, 5) is 7.15. The van der Waals surface area contributed by atoms with E-state index in [1.807, 2.05) is 0 Å².